The molecule has 1 aliphatic carbocycles. The lowest BCUT2D eigenvalue weighted by Crippen LogP contribution is -2.42. The minimum Gasteiger partial charge on any atom is -0.312 e. The van der Waals surface area contributed by atoms with E-state index in [9.17, 15) is 0 Å². The van der Waals surface area contributed by atoms with E-state index in [1.54, 1.807) is 5.56 Å². The Bertz CT molecular complexity index is 470. The first-order valence-electron chi connectivity index (χ1n) is 8.54. The smallest absolute Gasteiger partial charge is 0.0208 e. The first-order valence-corrected chi connectivity index (χ1v) is 8.54. The van der Waals surface area contributed by atoms with Crippen molar-refractivity contribution in [1.82, 2.24) is 10.2 Å². The molecule has 1 N–H and O–H groups in total. The molecule has 2 heteroatoms. The fourth-order valence-electron chi connectivity index (χ4n) is 4.07. The predicted octanol–water partition coefficient (Wildman–Crippen LogP) is 3.77. The summed E-state index contributed by atoms with van der Waals surface area (Å²) in [4.78, 5) is 2.63. The van der Waals surface area contributed by atoms with Crippen LogP contribution in [0.2, 0.25) is 0 Å². The predicted molar refractivity (Wildman–Crippen MR) is 89.6 cm³/mol. The van der Waals surface area contributed by atoms with E-state index in [1.807, 2.05) is 0 Å². The van der Waals surface area contributed by atoms with Gasteiger partial charge in [0.05, 0.1) is 0 Å². The van der Waals surface area contributed by atoms with Crippen molar-refractivity contribution in [3.05, 3.63) is 35.4 Å². The molecule has 1 aliphatic heterocycles. The maximum absolute atomic E-state index is 3.59. The molecule has 3 rings (SSSR count). The molecule has 21 heavy (non-hydrogen) atoms. The molecule has 0 saturated heterocycles. The van der Waals surface area contributed by atoms with Crippen LogP contribution in [0.25, 0.3) is 0 Å². The summed E-state index contributed by atoms with van der Waals surface area (Å²) in [5.74, 6) is 0.648. The summed E-state index contributed by atoms with van der Waals surface area (Å²) in [6.07, 6.45) is 5.49. The number of hydrogen-bond donors (Lipinski definition) is 1. The molecule has 1 fully saturated rings. The molecule has 0 amide bonds. The van der Waals surface area contributed by atoms with Crippen molar-refractivity contribution in [1.29, 1.82) is 0 Å². The number of hydrogen-bond acceptors (Lipinski definition) is 2. The van der Waals surface area contributed by atoms with Crippen molar-refractivity contribution in [2.24, 2.45) is 5.41 Å². The average molecular weight is 286 g/mol. The Kier molecular flexibility index (Phi) is 4.37. The van der Waals surface area contributed by atoms with Crippen LogP contribution in [-0.2, 0) is 6.54 Å². The van der Waals surface area contributed by atoms with Gasteiger partial charge in [-0.3, -0.25) is 0 Å². The summed E-state index contributed by atoms with van der Waals surface area (Å²) in [7, 11) is 2.33. The molecule has 1 aromatic carbocycles. The van der Waals surface area contributed by atoms with Crippen molar-refractivity contribution in [2.75, 3.05) is 20.1 Å². The molecule has 1 heterocycles. The topological polar surface area (TPSA) is 15.3 Å². The molecule has 116 valence electrons. The number of nitrogens with zero attached hydrogens (tertiary/aromatic N) is 1. The van der Waals surface area contributed by atoms with E-state index >= 15 is 0 Å². The number of rotatable bonds is 3. The zero-order valence-corrected chi connectivity index (χ0v) is 13.9. The molecule has 1 aromatic rings. The fraction of sp³-hybridized carbons (Fsp3) is 0.684. The molecular weight excluding hydrogens is 256 g/mol. The monoisotopic (exact) mass is 286 g/mol. The van der Waals surface area contributed by atoms with Crippen molar-refractivity contribution >= 4 is 0 Å². The van der Waals surface area contributed by atoms with Crippen LogP contribution in [0.4, 0.5) is 0 Å². The van der Waals surface area contributed by atoms with Gasteiger partial charge in [-0.05, 0) is 49.3 Å². The van der Waals surface area contributed by atoms with E-state index in [1.165, 1.54) is 37.8 Å². The summed E-state index contributed by atoms with van der Waals surface area (Å²) in [6.45, 7) is 8.19. The van der Waals surface area contributed by atoms with Gasteiger partial charge in [-0.1, -0.05) is 38.1 Å². The molecular formula is C19H30N2. The Morgan fingerprint density at radius 2 is 1.90 bits per heavy atom. The zero-order valence-electron chi connectivity index (χ0n) is 13.9. The van der Waals surface area contributed by atoms with Gasteiger partial charge in [-0.2, -0.15) is 0 Å². The van der Waals surface area contributed by atoms with Crippen LogP contribution >= 0.6 is 0 Å². The summed E-state index contributed by atoms with van der Waals surface area (Å²) in [5.41, 5.74) is 3.63. The van der Waals surface area contributed by atoms with Gasteiger partial charge in [0.15, 0.2) is 0 Å². The van der Waals surface area contributed by atoms with Crippen LogP contribution in [0.3, 0.4) is 0 Å². The van der Waals surface area contributed by atoms with Gasteiger partial charge in [0.1, 0.15) is 0 Å². The van der Waals surface area contributed by atoms with E-state index in [4.69, 9.17) is 0 Å². The fourth-order valence-corrected chi connectivity index (χ4v) is 4.07. The third-order valence-corrected chi connectivity index (χ3v) is 5.64. The highest BCUT2D eigenvalue weighted by Crippen LogP contribution is 2.37. The summed E-state index contributed by atoms with van der Waals surface area (Å²) in [6, 6.07) is 9.75. The van der Waals surface area contributed by atoms with Gasteiger partial charge in [0, 0.05) is 31.6 Å². The Hall–Kier alpha value is -0.860. The molecule has 1 saturated carbocycles. The lowest BCUT2D eigenvalue weighted by molar-refractivity contribution is 0.121. The second kappa shape index (κ2) is 6.10. The van der Waals surface area contributed by atoms with Crippen LogP contribution in [0.15, 0.2) is 24.3 Å². The minimum atomic E-state index is 0.566. The molecule has 1 unspecified atom stereocenters. The van der Waals surface area contributed by atoms with Crippen molar-refractivity contribution < 1.29 is 0 Å². The van der Waals surface area contributed by atoms with Crippen LogP contribution in [-0.4, -0.2) is 31.1 Å². The summed E-state index contributed by atoms with van der Waals surface area (Å²) in [5, 5.41) is 3.59. The number of likely N-dealkylation sites (N-methyl/N-ethyl adjacent to an activating group) is 1. The van der Waals surface area contributed by atoms with Gasteiger partial charge in [-0.15, -0.1) is 0 Å². The lowest BCUT2D eigenvalue weighted by Gasteiger charge is -2.40. The second-order valence-electron chi connectivity index (χ2n) is 7.86. The standard InChI is InChI=1S/C19H30N2/c1-19(2)10-8-17(9-11-19)21(3)14-16-13-20-12-15-6-4-5-7-18(15)16/h4-7,16-17,20H,8-14H2,1-3H3. The van der Waals surface area contributed by atoms with E-state index in [0.29, 0.717) is 11.3 Å². The van der Waals surface area contributed by atoms with Gasteiger partial charge in [0.2, 0.25) is 0 Å². The highest BCUT2D eigenvalue weighted by Gasteiger charge is 2.30. The molecule has 2 aliphatic rings. The maximum atomic E-state index is 3.59. The Balaban J connectivity index is 1.62. The van der Waals surface area contributed by atoms with Gasteiger partial charge in [0.25, 0.3) is 0 Å². The van der Waals surface area contributed by atoms with E-state index in [-0.39, 0.29) is 0 Å². The van der Waals surface area contributed by atoms with Crippen LogP contribution in [0.5, 0.6) is 0 Å². The number of nitrogens with one attached hydrogen (secondary N) is 1. The van der Waals surface area contributed by atoms with Gasteiger partial charge < -0.3 is 10.2 Å². The first-order chi connectivity index (χ1) is 10.1. The van der Waals surface area contributed by atoms with E-state index in [2.05, 4.69) is 55.4 Å². The maximum Gasteiger partial charge on any atom is 0.0208 e. The summed E-state index contributed by atoms with van der Waals surface area (Å²) >= 11 is 0. The molecule has 0 bridgehead atoms. The molecule has 0 radical (unpaired) electrons. The van der Waals surface area contributed by atoms with Gasteiger partial charge in [-0.25, -0.2) is 0 Å². The molecule has 0 spiro atoms. The molecule has 2 nitrogen and oxygen atoms in total. The van der Waals surface area contributed by atoms with Crippen LogP contribution in [0.1, 0.15) is 56.6 Å². The van der Waals surface area contributed by atoms with Crippen LogP contribution < -0.4 is 5.32 Å². The molecule has 0 aromatic heterocycles. The van der Waals surface area contributed by atoms with E-state index < -0.39 is 0 Å². The zero-order chi connectivity index (χ0) is 14.9. The van der Waals surface area contributed by atoms with Crippen LogP contribution in [0, 0.1) is 5.41 Å². The minimum absolute atomic E-state index is 0.566. The largest absolute Gasteiger partial charge is 0.312 e. The van der Waals surface area contributed by atoms with E-state index in [0.717, 1.165) is 19.1 Å². The highest BCUT2D eigenvalue weighted by molar-refractivity contribution is 5.32. The Labute approximate surface area is 129 Å². The molecule has 1 atom stereocenters. The average Bonchev–Trinajstić information content (AvgIpc) is 2.47. The highest BCUT2D eigenvalue weighted by atomic mass is 15.1. The third-order valence-electron chi connectivity index (χ3n) is 5.64. The van der Waals surface area contributed by atoms with Crippen molar-refractivity contribution in [3.63, 3.8) is 0 Å². The lowest BCUT2D eigenvalue weighted by atomic mass is 9.75. The number of fused-ring (bicyclic) bond motifs is 1. The Morgan fingerprint density at radius 1 is 1.19 bits per heavy atom. The SMILES string of the molecule is CN(CC1CNCc2ccccc21)C1CCC(C)(C)CC1. The Morgan fingerprint density at radius 3 is 2.67 bits per heavy atom. The first kappa shape index (κ1) is 15.1. The third kappa shape index (κ3) is 3.49. The van der Waals surface area contributed by atoms with Crippen molar-refractivity contribution in [3.8, 4) is 0 Å². The quantitative estimate of drug-likeness (QED) is 0.910. The second-order valence-corrected chi connectivity index (χ2v) is 7.86. The number of benzene rings is 1. The van der Waals surface area contributed by atoms with Gasteiger partial charge >= 0.3 is 0 Å². The summed E-state index contributed by atoms with van der Waals surface area (Å²) < 4.78 is 0. The normalized spacial score (nSPS) is 25.8. The van der Waals surface area contributed by atoms with Crippen molar-refractivity contribution in [2.45, 2.75) is 58.0 Å².